The average molecular weight is 271 g/mol. The Kier molecular flexibility index (Phi) is 4.77. The number of nitrogens with one attached hydrogen (secondary N) is 1. The predicted molar refractivity (Wildman–Crippen MR) is 80.7 cm³/mol. The van der Waals surface area contributed by atoms with E-state index < -0.39 is 5.60 Å². The Morgan fingerprint density at radius 1 is 1.10 bits per heavy atom. The van der Waals surface area contributed by atoms with Gasteiger partial charge in [0.05, 0.1) is 5.60 Å². The van der Waals surface area contributed by atoms with Crippen molar-refractivity contribution in [1.82, 2.24) is 5.32 Å². The van der Waals surface area contributed by atoms with E-state index in [9.17, 15) is 5.11 Å². The lowest BCUT2D eigenvalue weighted by atomic mass is 9.96. The van der Waals surface area contributed by atoms with Crippen molar-refractivity contribution >= 4 is 0 Å². The van der Waals surface area contributed by atoms with Crippen LogP contribution in [0.4, 0.5) is 0 Å². The molecule has 2 aromatic rings. The van der Waals surface area contributed by atoms with E-state index in [1.165, 1.54) is 0 Å². The third-order valence-corrected chi connectivity index (χ3v) is 3.23. The largest absolute Gasteiger partial charge is 0.489 e. The van der Waals surface area contributed by atoms with Gasteiger partial charge >= 0.3 is 0 Å². The summed E-state index contributed by atoms with van der Waals surface area (Å²) in [7, 11) is 1.82. The summed E-state index contributed by atoms with van der Waals surface area (Å²) >= 11 is 0. The van der Waals surface area contributed by atoms with E-state index in [-0.39, 0.29) is 0 Å². The van der Waals surface area contributed by atoms with Gasteiger partial charge in [-0.2, -0.15) is 0 Å². The Bertz CT molecular complexity index is 538. The lowest BCUT2D eigenvalue weighted by Gasteiger charge is -2.24. The van der Waals surface area contributed by atoms with Crippen LogP contribution in [0.25, 0.3) is 0 Å². The minimum absolute atomic E-state index is 0.495. The molecule has 2 rings (SSSR count). The SMILES string of the molecule is CNCC(C)(O)c1cccc(OCc2ccccc2)c1. The maximum atomic E-state index is 10.4. The van der Waals surface area contributed by atoms with Gasteiger partial charge in [-0.1, -0.05) is 42.5 Å². The first kappa shape index (κ1) is 14.6. The Morgan fingerprint density at radius 3 is 2.55 bits per heavy atom. The molecule has 1 atom stereocenters. The first-order valence-corrected chi connectivity index (χ1v) is 6.76. The van der Waals surface area contributed by atoms with Crippen LogP contribution in [0, 0.1) is 0 Å². The molecule has 0 aromatic heterocycles. The van der Waals surface area contributed by atoms with Crippen molar-refractivity contribution in [2.45, 2.75) is 19.1 Å². The maximum Gasteiger partial charge on any atom is 0.120 e. The molecule has 106 valence electrons. The van der Waals surface area contributed by atoms with Gasteiger partial charge < -0.3 is 15.2 Å². The molecule has 0 aliphatic rings. The third kappa shape index (κ3) is 3.83. The highest BCUT2D eigenvalue weighted by molar-refractivity contribution is 5.32. The highest BCUT2D eigenvalue weighted by Gasteiger charge is 2.22. The van der Waals surface area contributed by atoms with Gasteiger partial charge in [-0.05, 0) is 37.2 Å². The van der Waals surface area contributed by atoms with Gasteiger partial charge in [0.2, 0.25) is 0 Å². The Hall–Kier alpha value is -1.84. The van der Waals surface area contributed by atoms with Crippen LogP contribution in [-0.2, 0) is 12.2 Å². The first-order valence-electron chi connectivity index (χ1n) is 6.76. The molecule has 0 bridgehead atoms. The molecule has 0 spiro atoms. The Balaban J connectivity index is 2.06. The van der Waals surface area contributed by atoms with Gasteiger partial charge in [-0.25, -0.2) is 0 Å². The molecule has 0 saturated carbocycles. The first-order chi connectivity index (χ1) is 9.62. The van der Waals surface area contributed by atoms with Crippen molar-refractivity contribution in [2.75, 3.05) is 13.6 Å². The quantitative estimate of drug-likeness (QED) is 0.849. The fraction of sp³-hybridized carbons (Fsp3) is 0.294. The molecule has 1 unspecified atom stereocenters. The molecule has 0 amide bonds. The van der Waals surface area contributed by atoms with Gasteiger partial charge in [0.15, 0.2) is 0 Å². The summed E-state index contributed by atoms with van der Waals surface area (Å²) in [5, 5.41) is 13.4. The van der Waals surface area contributed by atoms with Crippen molar-refractivity contribution in [3.05, 3.63) is 65.7 Å². The van der Waals surface area contributed by atoms with Crippen molar-refractivity contribution in [1.29, 1.82) is 0 Å². The molecular weight excluding hydrogens is 250 g/mol. The summed E-state index contributed by atoms with van der Waals surface area (Å²) in [5.74, 6) is 0.766. The molecule has 0 fully saturated rings. The second-order valence-electron chi connectivity index (χ2n) is 5.11. The number of hydrogen-bond donors (Lipinski definition) is 2. The van der Waals surface area contributed by atoms with Crippen molar-refractivity contribution < 1.29 is 9.84 Å². The van der Waals surface area contributed by atoms with E-state index in [2.05, 4.69) is 5.32 Å². The molecule has 20 heavy (non-hydrogen) atoms. The number of hydrogen-bond acceptors (Lipinski definition) is 3. The molecule has 0 aliphatic heterocycles. The standard InChI is InChI=1S/C17H21NO2/c1-17(19,13-18-2)15-9-6-10-16(11-15)20-12-14-7-4-3-5-8-14/h3-11,18-19H,12-13H2,1-2H3. The minimum atomic E-state index is -0.902. The zero-order valence-corrected chi connectivity index (χ0v) is 12.0. The smallest absolute Gasteiger partial charge is 0.120 e. The van der Waals surface area contributed by atoms with Gasteiger partial charge in [0, 0.05) is 6.54 Å². The monoisotopic (exact) mass is 271 g/mol. The second kappa shape index (κ2) is 6.55. The summed E-state index contributed by atoms with van der Waals surface area (Å²) < 4.78 is 5.77. The van der Waals surface area contributed by atoms with E-state index >= 15 is 0 Å². The zero-order chi connectivity index (χ0) is 14.4. The Labute approximate surface area is 120 Å². The predicted octanol–water partition coefficient (Wildman–Crippen LogP) is 2.69. The minimum Gasteiger partial charge on any atom is -0.489 e. The van der Waals surface area contributed by atoms with E-state index in [1.807, 2.05) is 61.6 Å². The van der Waals surface area contributed by atoms with E-state index in [0.29, 0.717) is 13.2 Å². The second-order valence-corrected chi connectivity index (χ2v) is 5.11. The molecule has 0 saturated heterocycles. The van der Waals surface area contributed by atoms with Crippen LogP contribution in [0.15, 0.2) is 54.6 Å². The fourth-order valence-corrected chi connectivity index (χ4v) is 2.11. The van der Waals surface area contributed by atoms with Crippen molar-refractivity contribution in [2.24, 2.45) is 0 Å². The molecule has 3 nitrogen and oxygen atoms in total. The molecule has 0 heterocycles. The number of aliphatic hydroxyl groups is 1. The van der Waals surface area contributed by atoms with E-state index in [1.54, 1.807) is 6.92 Å². The normalized spacial score (nSPS) is 13.8. The summed E-state index contributed by atoms with van der Waals surface area (Å²) in [6.07, 6.45) is 0. The molecular formula is C17H21NO2. The highest BCUT2D eigenvalue weighted by Crippen LogP contribution is 2.24. The number of rotatable bonds is 6. The van der Waals surface area contributed by atoms with Crippen LogP contribution in [0.1, 0.15) is 18.1 Å². The number of ether oxygens (including phenoxy) is 1. The number of benzene rings is 2. The van der Waals surface area contributed by atoms with Gasteiger partial charge in [-0.15, -0.1) is 0 Å². The van der Waals surface area contributed by atoms with E-state index in [0.717, 1.165) is 16.9 Å². The van der Waals surface area contributed by atoms with Crippen LogP contribution in [0.2, 0.25) is 0 Å². The topological polar surface area (TPSA) is 41.5 Å². The lowest BCUT2D eigenvalue weighted by molar-refractivity contribution is 0.0588. The molecule has 3 heteroatoms. The molecule has 2 N–H and O–H groups in total. The number of likely N-dealkylation sites (N-methyl/N-ethyl adjacent to an activating group) is 1. The molecule has 0 aliphatic carbocycles. The van der Waals surface area contributed by atoms with Crippen LogP contribution < -0.4 is 10.1 Å². The van der Waals surface area contributed by atoms with Gasteiger partial charge in [-0.3, -0.25) is 0 Å². The molecule has 0 radical (unpaired) electrons. The van der Waals surface area contributed by atoms with Crippen LogP contribution in [-0.4, -0.2) is 18.7 Å². The van der Waals surface area contributed by atoms with Gasteiger partial charge in [0.1, 0.15) is 12.4 Å². The van der Waals surface area contributed by atoms with Crippen LogP contribution >= 0.6 is 0 Å². The lowest BCUT2D eigenvalue weighted by Crippen LogP contribution is -2.33. The van der Waals surface area contributed by atoms with E-state index in [4.69, 9.17) is 4.74 Å². The Morgan fingerprint density at radius 2 is 1.85 bits per heavy atom. The average Bonchev–Trinajstić information content (AvgIpc) is 2.46. The van der Waals surface area contributed by atoms with Crippen LogP contribution in [0.3, 0.4) is 0 Å². The van der Waals surface area contributed by atoms with Gasteiger partial charge in [0.25, 0.3) is 0 Å². The zero-order valence-electron chi connectivity index (χ0n) is 12.0. The van der Waals surface area contributed by atoms with Crippen LogP contribution in [0.5, 0.6) is 5.75 Å². The third-order valence-electron chi connectivity index (χ3n) is 3.23. The fourth-order valence-electron chi connectivity index (χ4n) is 2.11. The summed E-state index contributed by atoms with van der Waals surface area (Å²) in [4.78, 5) is 0. The molecule has 2 aromatic carbocycles. The maximum absolute atomic E-state index is 10.4. The van der Waals surface area contributed by atoms with Crippen molar-refractivity contribution in [3.63, 3.8) is 0 Å². The highest BCUT2D eigenvalue weighted by atomic mass is 16.5. The summed E-state index contributed by atoms with van der Waals surface area (Å²) in [6, 6.07) is 17.6. The summed E-state index contributed by atoms with van der Waals surface area (Å²) in [5.41, 5.74) is 1.07. The summed E-state index contributed by atoms with van der Waals surface area (Å²) in [6.45, 7) is 2.81. The van der Waals surface area contributed by atoms with Crippen molar-refractivity contribution in [3.8, 4) is 5.75 Å².